The lowest BCUT2D eigenvalue weighted by Gasteiger charge is -2.12. The Bertz CT molecular complexity index is 411. The van der Waals surface area contributed by atoms with Gasteiger partial charge in [0.1, 0.15) is 0 Å². The highest BCUT2D eigenvalue weighted by Crippen LogP contribution is 2.29. The Hall–Kier alpha value is -1.48. The molecule has 0 unspecified atom stereocenters. The van der Waals surface area contributed by atoms with Crippen LogP contribution in [0.5, 0.6) is 11.5 Å². The first-order chi connectivity index (χ1) is 8.62. The van der Waals surface area contributed by atoms with Crippen molar-refractivity contribution < 1.29 is 9.47 Å². The van der Waals surface area contributed by atoms with Crippen LogP contribution in [0.2, 0.25) is 0 Å². The number of ether oxygens (including phenoxy) is 2. The molecule has 0 atom stereocenters. The largest absolute Gasteiger partial charge is 0.493 e. The standard InChI is InChI=1S/C15H23NO2/c1-5-18-14-7-6-12(9-15(14)17-4)8-13(10-16)11(2)3/h6-9,11H,5,10,16H2,1-4H3. The molecule has 0 aliphatic heterocycles. The molecule has 0 amide bonds. The molecule has 1 rings (SSSR count). The molecule has 1 aromatic rings. The Kier molecular flexibility index (Phi) is 5.72. The number of nitrogens with two attached hydrogens (primary N) is 1. The van der Waals surface area contributed by atoms with E-state index in [4.69, 9.17) is 15.2 Å². The van der Waals surface area contributed by atoms with Gasteiger partial charge >= 0.3 is 0 Å². The molecule has 0 saturated carbocycles. The van der Waals surface area contributed by atoms with Crippen molar-refractivity contribution in [3.05, 3.63) is 29.3 Å². The molecule has 0 saturated heterocycles. The summed E-state index contributed by atoms with van der Waals surface area (Å²) in [6.07, 6.45) is 2.11. The van der Waals surface area contributed by atoms with Crippen LogP contribution in [0.25, 0.3) is 6.08 Å². The molecule has 0 bridgehead atoms. The third kappa shape index (κ3) is 3.77. The Balaban J connectivity index is 3.05. The monoisotopic (exact) mass is 249 g/mol. The molecule has 0 radical (unpaired) electrons. The normalized spacial score (nSPS) is 11.8. The minimum Gasteiger partial charge on any atom is -0.493 e. The molecule has 2 N–H and O–H groups in total. The van der Waals surface area contributed by atoms with E-state index in [9.17, 15) is 0 Å². The van der Waals surface area contributed by atoms with Gasteiger partial charge in [0.25, 0.3) is 0 Å². The zero-order valence-electron chi connectivity index (χ0n) is 11.7. The number of benzene rings is 1. The highest BCUT2D eigenvalue weighted by molar-refractivity contribution is 5.58. The fourth-order valence-corrected chi connectivity index (χ4v) is 1.72. The van der Waals surface area contributed by atoms with E-state index in [0.29, 0.717) is 19.1 Å². The molecule has 1 aromatic carbocycles. The first kappa shape index (κ1) is 14.6. The SMILES string of the molecule is CCOc1ccc(C=C(CN)C(C)C)cc1OC. The van der Waals surface area contributed by atoms with Gasteiger partial charge in [-0.15, -0.1) is 0 Å². The van der Waals surface area contributed by atoms with Crippen molar-refractivity contribution in [2.75, 3.05) is 20.3 Å². The van der Waals surface area contributed by atoms with E-state index in [2.05, 4.69) is 19.9 Å². The van der Waals surface area contributed by atoms with Crippen LogP contribution in [0.3, 0.4) is 0 Å². The maximum atomic E-state index is 5.75. The fraction of sp³-hybridized carbons (Fsp3) is 0.467. The minimum atomic E-state index is 0.451. The van der Waals surface area contributed by atoms with E-state index < -0.39 is 0 Å². The van der Waals surface area contributed by atoms with Gasteiger partial charge < -0.3 is 15.2 Å². The maximum absolute atomic E-state index is 5.75. The van der Waals surface area contributed by atoms with E-state index in [0.717, 1.165) is 17.1 Å². The van der Waals surface area contributed by atoms with E-state index in [-0.39, 0.29) is 0 Å². The second-order valence-electron chi connectivity index (χ2n) is 4.42. The summed E-state index contributed by atoms with van der Waals surface area (Å²) >= 11 is 0. The molecule has 100 valence electrons. The van der Waals surface area contributed by atoms with E-state index in [1.807, 2.05) is 25.1 Å². The van der Waals surface area contributed by atoms with Crippen LogP contribution in [0.15, 0.2) is 23.8 Å². The minimum absolute atomic E-state index is 0.451. The van der Waals surface area contributed by atoms with Crippen LogP contribution in [-0.2, 0) is 0 Å². The van der Waals surface area contributed by atoms with E-state index in [1.165, 1.54) is 5.57 Å². The van der Waals surface area contributed by atoms with Crippen LogP contribution in [-0.4, -0.2) is 20.3 Å². The Morgan fingerprint density at radius 3 is 2.56 bits per heavy atom. The average Bonchev–Trinajstić information content (AvgIpc) is 2.37. The van der Waals surface area contributed by atoms with Crippen LogP contribution in [0.1, 0.15) is 26.3 Å². The number of hydrogen-bond donors (Lipinski definition) is 1. The lowest BCUT2D eigenvalue weighted by molar-refractivity contribution is 0.311. The lowest BCUT2D eigenvalue weighted by atomic mass is 10.0. The predicted octanol–water partition coefficient (Wildman–Crippen LogP) is 3.09. The summed E-state index contributed by atoms with van der Waals surface area (Å²) in [5, 5.41) is 0. The summed E-state index contributed by atoms with van der Waals surface area (Å²) in [5.41, 5.74) is 8.06. The van der Waals surface area contributed by atoms with Crippen LogP contribution >= 0.6 is 0 Å². The van der Waals surface area contributed by atoms with Gasteiger partial charge in [-0.1, -0.05) is 31.6 Å². The fourth-order valence-electron chi connectivity index (χ4n) is 1.72. The quantitative estimate of drug-likeness (QED) is 0.842. The van der Waals surface area contributed by atoms with Crippen molar-refractivity contribution in [2.24, 2.45) is 11.7 Å². The maximum Gasteiger partial charge on any atom is 0.161 e. The van der Waals surface area contributed by atoms with Crippen molar-refractivity contribution in [1.82, 2.24) is 0 Å². The molecule has 0 aromatic heterocycles. The van der Waals surface area contributed by atoms with Gasteiger partial charge in [0, 0.05) is 6.54 Å². The highest BCUT2D eigenvalue weighted by atomic mass is 16.5. The second kappa shape index (κ2) is 7.07. The number of hydrogen-bond acceptors (Lipinski definition) is 3. The molecular weight excluding hydrogens is 226 g/mol. The molecular formula is C15H23NO2. The number of methoxy groups -OCH3 is 1. The van der Waals surface area contributed by atoms with Gasteiger partial charge in [0.2, 0.25) is 0 Å². The first-order valence-corrected chi connectivity index (χ1v) is 6.33. The zero-order chi connectivity index (χ0) is 13.5. The predicted molar refractivity (Wildman–Crippen MR) is 76.0 cm³/mol. The van der Waals surface area contributed by atoms with Gasteiger partial charge in [-0.05, 0) is 30.5 Å². The summed E-state index contributed by atoms with van der Waals surface area (Å²) < 4.78 is 10.8. The van der Waals surface area contributed by atoms with Crippen molar-refractivity contribution in [1.29, 1.82) is 0 Å². The molecule has 0 spiro atoms. The average molecular weight is 249 g/mol. The molecule has 0 heterocycles. The summed E-state index contributed by atoms with van der Waals surface area (Å²) in [6.45, 7) is 7.45. The van der Waals surface area contributed by atoms with Crippen molar-refractivity contribution >= 4 is 6.08 Å². The third-order valence-electron chi connectivity index (χ3n) is 2.82. The lowest BCUT2D eigenvalue weighted by Crippen LogP contribution is -2.08. The molecule has 3 heteroatoms. The number of rotatable bonds is 6. The summed E-state index contributed by atoms with van der Waals surface area (Å²) in [4.78, 5) is 0. The van der Waals surface area contributed by atoms with Crippen molar-refractivity contribution in [2.45, 2.75) is 20.8 Å². The van der Waals surface area contributed by atoms with Gasteiger partial charge in [-0.2, -0.15) is 0 Å². The van der Waals surface area contributed by atoms with Crippen molar-refractivity contribution in [3.8, 4) is 11.5 Å². The Morgan fingerprint density at radius 1 is 1.33 bits per heavy atom. The summed E-state index contributed by atoms with van der Waals surface area (Å²) in [6, 6.07) is 5.93. The van der Waals surface area contributed by atoms with Gasteiger partial charge in [0.15, 0.2) is 11.5 Å². The summed E-state index contributed by atoms with van der Waals surface area (Å²) in [7, 11) is 1.65. The van der Waals surface area contributed by atoms with Crippen LogP contribution in [0, 0.1) is 5.92 Å². The molecule has 0 fully saturated rings. The topological polar surface area (TPSA) is 44.5 Å². The first-order valence-electron chi connectivity index (χ1n) is 6.33. The zero-order valence-corrected chi connectivity index (χ0v) is 11.7. The summed E-state index contributed by atoms with van der Waals surface area (Å²) in [5.74, 6) is 1.98. The molecule has 0 aliphatic carbocycles. The van der Waals surface area contributed by atoms with Crippen molar-refractivity contribution in [3.63, 3.8) is 0 Å². The molecule has 18 heavy (non-hydrogen) atoms. The van der Waals surface area contributed by atoms with Gasteiger partial charge in [-0.25, -0.2) is 0 Å². The van der Waals surface area contributed by atoms with E-state index >= 15 is 0 Å². The van der Waals surface area contributed by atoms with Crippen LogP contribution in [0.4, 0.5) is 0 Å². The van der Waals surface area contributed by atoms with Crippen LogP contribution < -0.4 is 15.2 Å². The van der Waals surface area contributed by atoms with Gasteiger partial charge in [0.05, 0.1) is 13.7 Å². The third-order valence-corrected chi connectivity index (χ3v) is 2.82. The van der Waals surface area contributed by atoms with E-state index in [1.54, 1.807) is 7.11 Å². The Labute approximate surface area is 110 Å². The highest BCUT2D eigenvalue weighted by Gasteiger charge is 2.06. The van der Waals surface area contributed by atoms with Gasteiger partial charge in [-0.3, -0.25) is 0 Å². The smallest absolute Gasteiger partial charge is 0.161 e. The second-order valence-corrected chi connectivity index (χ2v) is 4.42. The Morgan fingerprint density at radius 2 is 2.06 bits per heavy atom. The molecule has 0 aliphatic rings. The molecule has 3 nitrogen and oxygen atoms in total.